The van der Waals surface area contributed by atoms with Gasteiger partial charge in [0.2, 0.25) is 23.4 Å². The zero-order chi connectivity index (χ0) is 56.5. The first-order chi connectivity index (χ1) is 36.2. The number of ether oxygens (including phenoxy) is 3. The summed E-state index contributed by atoms with van der Waals surface area (Å²) in [4.78, 5) is 61.5. The molecule has 0 fully saturated rings. The summed E-state index contributed by atoms with van der Waals surface area (Å²) in [6, 6.07) is 21.9. The first kappa shape index (κ1) is 76.1. The van der Waals surface area contributed by atoms with Crippen molar-refractivity contribution in [3.05, 3.63) is 171 Å². The van der Waals surface area contributed by atoms with Gasteiger partial charge in [0.1, 0.15) is 47.2 Å². The van der Waals surface area contributed by atoms with Crippen molar-refractivity contribution in [1.29, 1.82) is 0 Å². The van der Waals surface area contributed by atoms with Gasteiger partial charge in [0.05, 0.1) is 55.1 Å². The molecule has 1 aliphatic heterocycles. The molecule has 0 radical (unpaired) electrons. The monoisotopic (exact) mass is 1460 g/mol. The average Bonchev–Trinajstić information content (AvgIpc) is 3.43. The summed E-state index contributed by atoms with van der Waals surface area (Å²) in [5, 5.41) is 23.4. The fourth-order valence-electron chi connectivity index (χ4n) is 5.29. The Morgan fingerprint density at radius 2 is 1.20 bits per heavy atom. The number of halogens is 10. The minimum absolute atomic E-state index is 0. The molecule has 0 amide bonds. The number of ketones is 2. The van der Waals surface area contributed by atoms with E-state index in [1.54, 1.807) is 42.5 Å². The normalized spacial score (nSPS) is 12.1. The van der Waals surface area contributed by atoms with Gasteiger partial charge in [-0.15, -0.1) is 0 Å². The first-order valence-corrected chi connectivity index (χ1v) is 25.1. The van der Waals surface area contributed by atoms with Crippen LogP contribution in [0.25, 0.3) is 0 Å². The number of carbonyl (C=O) groups is 3. The molecule has 6 N–H and O–H groups in total. The van der Waals surface area contributed by atoms with Crippen LogP contribution in [-0.2, 0) is 19.4 Å². The Morgan fingerprint density at radius 3 is 1.65 bits per heavy atom. The maximum atomic E-state index is 13.3. The number of aliphatic imine (C=N–C) groups is 1. The van der Waals surface area contributed by atoms with Crippen LogP contribution in [0.2, 0.25) is 15.1 Å². The number of methoxy groups -OCH3 is 3. The fourth-order valence-corrected chi connectivity index (χ4v) is 7.31. The van der Waals surface area contributed by atoms with Crippen LogP contribution < -0.4 is 139 Å². The van der Waals surface area contributed by atoms with Gasteiger partial charge in [0, 0.05) is 11.1 Å². The third-order valence-electron chi connectivity index (χ3n) is 8.92. The molecule has 1 unspecified atom stereocenters. The van der Waals surface area contributed by atoms with E-state index in [1.165, 1.54) is 57.7 Å². The van der Waals surface area contributed by atoms with Gasteiger partial charge in [-0.05, 0) is 138 Å². The summed E-state index contributed by atoms with van der Waals surface area (Å²) < 4.78 is 56.2. The topological polar surface area (TPSA) is 290 Å². The number of amidine groups is 3. The summed E-state index contributed by atoms with van der Waals surface area (Å²) in [7, 11) is 4.49. The Kier molecular flexibility index (Phi) is 38.9. The third kappa shape index (κ3) is 25.2. The van der Waals surface area contributed by atoms with E-state index in [2.05, 4.69) is 104 Å². The number of oxime groups is 2. The van der Waals surface area contributed by atoms with Gasteiger partial charge in [0.25, 0.3) is 6.47 Å². The van der Waals surface area contributed by atoms with Crippen molar-refractivity contribution in [2.45, 2.75) is 13.5 Å². The molecule has 6 aromatic rings. The molecule has 20 nitrogen and oxygen atoms in total. The molecule has 3 aromatic heterocycles. The predicted molar refractivity (Wildman–Crippen MR) is 295 cm³/mol. The second kappa shape index (κ2) is 40.3. The van der Waals surface area contributed by atoms with E-state index in [-0.39, 0.29) is 174 Å². The molecule has 3 aromatic carbocycles. The van der Waals surface area contributed by atoms with E-state index in [9.17, 15) is 22.8 Å². The van der Waals surface area contributed by atoms with E-state index in [4.69, 9.17) is 85.4 Å². The quantitative estimate of drug-likeness (QED) is 0.0138. The minimum Gasteiger partial charge on any atom is -1.00 e. The van der Waals surface area contributed by atoms with Gasteiger partial charge in [-0.2, -0.15) is 0 Å². The molecule has 79 heavy (non-hydrogen) atoms. The molecule has 0 spiro atoms. The Hall–Kier alpha value is -2.90. The molecule has 0 bridgehead atoms. The van der Waals surface area contributed by atoms with E-state index in [0.29, 0.717) is 61.7 Å². The predicted octanol–water partition coefficient (Wildman–Crippen LogP) is 4.03. The molecule has 0 aliphatic carbocycles. The molecular formula is C47H43Br4Cl3F3K2N9O11. The van der Waals surface area contributed by atoms with Crippen LogP contribution in [0.15, 0.2) is 120 Å². The van der Waals surface area contributed by atoms with Gasteiger partial charge < -0.3 is 47.3 Å². The molecule has 7 rings (SSSR count). The molecule has 0 saturated carbocycles. The average molecular weight is 1470 g/mol. The molecule has 0 saturated heterocycles. The van der Waals surface area contributed by atoms with Crippen molar-refractivity contribution in [3.63, 3.8) is 0 Å². The van der Waals surface area contributed by atoms with Crippen molar-refractivity contribution in [2.24, 2.45) is 26.8 Å². The molecule has 32 heteroatoms. The molecule has 4 heterocycles. The number of hydrogen-bond acceptors (Lipinski definition) is 18. The maximum absolute atomic E-state index is 13.3. The van der Waals surface area contributed by atoms with Crippen molar-refractivity contribution in [3.8, 4) is 17.6 Å². The molecule has 1 aliphatic rings. The number of pyridine rings is 3. The number of benzene rings is 3. The van der Waals surface area contributed by atoms with E-state index >= 15 is 0 Å². The Labute approximate surface area is 585 Å². The third-order valence-corrected chi connectivity index (χ3v) is 12.1. The summed E-state index contributed by atoms with van der Waals surface area (Å²) in [6.07, 6.45) is 0. The Balaban J connectivity index is 0. The van der Waals surface area contributed by atoms with Gasteiger partial charge in [-0.3, -0.25) is 24.2 Å². The van der Waals surface area contributed by atoms with Crippen LogP contribution in [0.5, 0.6) is 17.6 Å². The number of nitrogens with two attached hydrogens (primary N) is 2. The van der Waals surface area contributed by atoms with Crippen LogP contribution >= 0.6 is 98.5 Å². The van der Waals surface area contributed by atoms with Gasteiger partial charge in [-0.25, -0.2) is 33.6 Å². The number of aromatic nitrogens is 3. The van der Waals surface area contributed by atoms with Crippen molar-refractivity contribution < 1.29 is 171 Å². The smallest absolute Gasteiger partial charge is 1.00 e. The molecular weight excluding hydrogens is 1430 g/mol. The van der Waals surface area contributed by atoms with Gasteiger partial charge in [-0.1, -0.05) is 74.5 Å². The summed E-state index contributed by atoms with van der Waals surface area (Å²) in [5.41, 5.74) is 16.5. The van der Waals surface area contributed by atoms with Crippen LogP contribution in [-0.4, -0.2) is 95.6 Å². The zero-order valence-electron chi connectivity index (χ0n) is 42.1. The number of hydrogen-bond donors (Lipinski definition) is 4. The fraction of sp³-hybridized carbons (Fsp3) is 0.170. The number of rotatable bonds is 14. The number of nitrogens with zero attached hydrogens (tertiary/aromatic N) is 6. The summed E-state index contributed by atoms with van der Waals surface area (Å²) in [6.45, 7) is -0.255. The minimum atomic E-state index is -0.605. The molecule has 414 valence electrons. The van der Waals surface area contributed by atoms with E-state index in [1.807, 2.05) is 6.07 Å². The number of Topliss-reactive ketones (excluding diaryl/α,β-unsaturated/α-hetero) is 2. The van der Waals surface area contributed by atoms with E-state index < -0.39 is 23.2 Å². The largest absolute Gasteiger partial charge is 1.00 e. The second-order valence-electron chi connectivity index (χ2n) is 13.8. The van der Waals surface area contributed by atoms with Gasteiger partial charge >= 0.3 is 103 Å². The number of hydroxylamine groups is 1. The Morgan fingerprint density at radius 1 is 0.759 bits per heavy atom. The standard InChI is InChI=1S/C15H12BrClFN3O3.C15H12BrClFN3O2.C8H5BrClFO.C7H8BrN3O2.CH2O3.CH4.2K.H/c1-23-15-9(16)3-5-12(20-15)14(19)21-24-7-13(22)8-2-4-11(18)10(17)6-8;1-22-15-9(16)3-5-12(20-15)14-19-13(7-23-21-14)8-2-4-11(18)10(17)6-8;9-4-8(12)5-1-2-7(11)6(10)3-5;1-13-7-4(8)2-3-5(10-7)6(9)11-12;2-1-4-3;;;;/h2-6H,7H2,1H3,(H2,19,21);2-6,13H,7H2,1H3,(H,19,21);1-3H,4H2;2-3,12H,1H3,(H2,9,11);1,3H;1H4;;;/q;;;;;;2*+1;-1/p-1. The van der Waals surface area contributed by atoms with Crippen LogP contribution in [0.1, 0.15) is 58.3 Å². The van der Waals surface area contributed by atoms with Crippen molar-refractivity contribution >= 4 is 134 Å². The van der Waals surface area contributed by atoms with Crippen LogP contribution in [0.3, 0.4) is 0 Å². The Bertz CT molecular complexity index is 3090. The number of nitrogens with one attached hydrogen (secondary N) is 1. The van der Waals surface area contributed by atoms with E-state index in [0.717, 1.165) is 16.1 Å². The summed E-state index contributed by atoms with van der Waals surface area (Å²) >= 11 is 29.8. The molecule has 1 atom stereocenters. The van der Waals surface area contributed by atoms with Crippen molar-refractivity contribution in [2.75, 3.05) is 39.9 Å². The zero-order valence-corrected chi connectivity index (χ0v) is 55.9. The SMILES string of the molecule is C.COc1nc(/C(N)=N/O)ccc1Br.COc1nc(/C(N)=N/OCC(=O)c2ccc(F)c(Cl)c2)ccc1Br.COc1nc(C2=NC(c3ccc(F)c(Cl)c3)CON2)ccc1Br.O=C(CBr)c1ccc(F)c(Cl)c1.O=CO[O-].[H-].[K+].[K+]. The number of carbonyl (C=O) groups excluding carboxylic acids is 3. The van der Waals surface area contributed by atoms with Crippen molar-refractivity contribution in [1.82, 2.24) is 20.4 Å². The second-order valence-corrected chi connectivity index (χ2v) is 18.2. The first-order valence-electron chi connectivity index (χ1n) is 20.5. The van der Waals surface area contributed by atoms with Crippen LogP contribution in [0, 0.1) is 17.5 Å². The number of alkyl halides is 1. The van der Waals surface area contributed by atoms with Crippen LogP contribution in [0.4, 0.5) is 13.2 Å². The summed E-state index contributed by atoms with van der Waals surface area (Å²) in [5.74, 6) is -0.551. The maximum Gasteiger partial charge on any atom is 1.00 e. The van der Waals surface area contributed by atoms with Gasteiger partial charge in [0.15, 0.2) is 29.9 Å².